The summed E-state index contributed by atoms with van der Waals surface area (Å²) in [6, 6.07) is 14.7. The highest BCUT2D eigenvalue weighted by Crippen LogP contribution is 2.23. The van der Waals surface area contributed by atoms with Gasteiger partial charge in [-0.2, -0.15) is 5.10 Å². The highest BCUT2D eigenvalue weighted by molar-refractivity contribution is 5.37. The van der Waals surface area contributed by atoms with Crippen LogP contribution in [-0.4, -0.2) is 28.8 Å². The van der Waals surface area contributed by atoms with Crippen molar-refractivity contribution < 1.29 is 9.13 Å². The summed E-state index contributed by atoms with van der Waals surface area (Å²) in [5.41, 5.74) is 5.19. The van der Waals surface area contributed by atoms with E-state index >= 15 is 0 Å². The summed E-state index contributed by atoms with van der Waals surface area (Å²) in [5, 5.41) is 4.69. The molecule has 3 rings (SSSR count). The van der Waals surface area contributed by atoms with Crippen LogP contribution in [0.3, 0.4) is 0 Å². The van der Waals surface area contributed by atoms with E-state index < -0.39 is 0 Å². The number of aromatic nitrogens is 2. The lowest BCUT2D eigenvalue weighted by molar-refractivity contribution is 0.308. The predicted octanol–water partition coefficient (Wildman–Crippen LogP) is 4.27. The third-order valence-corrected chi connectivity index (χ3v) is 4.55. The van der Waals surface area contributed by atoms with Gasteiger partial charge in [-0.25, -0.2) is 9.07 Å². The Kier molecular flexibility index (Phi) is 5.38. The van der Waals surface area contributed by atoms with Crippen LogP contribution < -0.4 is 4.74 Å². The first-order valence-corrected chi connectivity index (χ1v) is 8.61. The van der Waals surface area contributed by atoms with Gasteiger partial charge in [-0.1, -0.05) is 18.2 Å². The molecule has 0 fully saturated rings. The Morgan fingerprint density at radius 2 is 1.81 bits per heavy atom. The Hall–Kier alpha value is -2.66. The number of nitrogens with zero attached hydrogens (tertiary/aromatic N) is 3. The summed E-state index contributed by atoms with van der Waals surface area (Å²) in [4.78, 5) is 2.14. The van der Waals surface area contributed by atoms with Crippen LogP contribution in [-0.2, 0) is 13.1 Å². The summed E-state index contributed by atoms with van der Waals surface area (Å²) in [6.07, 6.45) is 0. The van der Waals surface area contributed by atoms with Gasteiger partial charge in [-0.15, -0.1) is 0 Å². The molecule has 2 aromatic carbocycles. The van der Waals surface area contributed by atoms with Gasteiger partial charge in [0.05, 0.1) is 18.5 Å². The van der Waals surface area contributed by atoms with Gasteiger partial charge in [0.1, 0.15) is 11.6 Å². The van der Waals surface area contributed by atoms with Crippen LogP contribution in [0.25, 0.3) is 5.69 Å². The molecule has 0 amide bonds. The van der Waals surface area contributed by atoms with E-state index in [4.69, 9.17) is 9.84 Å². The minimum absolute atomic E-state index is 0.251. The number of methoxy groups -OCH3 is 1. The molecule has 0 spiro atoms. The second-order valence-electron chi connectivity index (χ2n) is 6.53. The van der Waals surface area contributed by atoms with Crippen LogP contribution in [0.1, 0.15) is 22.5 Å². The number of rotatable bonds is 6. The van der Waals surface area contributed by atoms with E-state index in [0.717, 1.165) is 29.2 Å². The van der Waals surface area contributed by atoms with Crippen molar-refractivity contribution in [3.8, 4) is 11.4 Å². The van der Waals surface area contributed by atoms with Crippen molar-refractivity contribution in [3.63, 3.8) is 0 Å². The zero-order chi connectivity index (χ0) is 18.7. The average Bonchev–Trinajstić information content (AvgIpc) is 2.91. The standard InChI is InChI=1S/C21H24FN3O/c1-15-20(16(2)25(23-15)19-8-6-5-7-9-19)14-24(3)13-17-12-18(22)10-11-21(17)26-4/h5-12H,13-14H2,1-4H3. The normalized spacial score (nSPS) is 11.2. The first-order valence-electron chi connectivity index (χ1n) is 8.61. The Labute approximate surface area is 153 Å². The molecule has 4 nitrogen and oxygen atoms in total. The molecule has 0 radical (unpaired) electrons. The molecule has 26 heavy (non-hydrogen) atoms. The minimum Gasteiger partial charge on any atom is -0.496 e. The lowest BCUT2D eigenvalue weighted by Crippen LogP contribution is -2.18. The fraction of sp³-hybridized carbons (Fsp3) is 0.286. The maximum atomic E-state index is 13.6. The number of aryl methyl sites for hydroxylation is 1. The topological polar surface area (TPSA) is 30.3 Å². The van der Waals surface area contributed by atoms with Gasteiger partial charge in [0.15, 0.2) is 0 Å². The van der Waals surface area contributed by atoms with Crippen LogP contribution >= 0.6 is 0 Å². The largest absolute Gasteiger partial charge is 0.496 e. The Morgan fingerprint density at radius 1 is 1.08 bits per heavy atom. The highest BCUT2D eigenvalue weighted by atomic mass is 19.1. The van der Waals surface area contributed by atoms with Crippen molar-refractivity contribution in [2.24, 2.45) is 0 Å². The van der Waals surface area contributed by atoms with E-state index in [9.17, 15) is 4.39 Å². The Balaban J connectivity index is 1.81. The molecule has 0 saturated carbocycles. The predicted molar refractivity (Wildman–Crippen MR) is 101 cm³/mol. The van der Waals surface area contributed by atoms with Crippen molar-refractivity contribution in [1.29, 1.82) is 0 Å². The van der Waals surface area contributed by atoms with Crippen LogP contribution in [0, 0.1) is 19.7 Å². The van der Waals surface area contributed by atoms with E-state index in [1.807, 2.05) is 49.0 Å². The third-order valence-electron chi connectivity index (χ3n) is 4.55. The SMILES string of the molecule is COc1ccc(F)cc1CN(C)Cc1c(C)nn(-c2ccccc2)c1C. The molecular weight excluding hydrogens is 329 g/mol. The van der Waals surface area contributed by atoms with E-state index in [1.54, 1.807) is 13.2 Å². The number of para-hydroxylation sites is 1. The number of halogens is 1. The molecule has 0 unspecified atom stereocenters. The van der Waals surface area contributed by atoms with Gasteiger partial charge in [0, 0.05) is 29.9 Å². The summed E-state index contributed by atoms with van der Waals surface area (Å²) in [5.74, 6) is 0.449. The summed E-state index contributed by atoms with van der Waals surface area (Å²) >= 11 is 0. The monoisotopic (exact) mass is 353 g/mol. The van der Waals surface area contributed by atoms with Crippen LogP contribution in [0.5, 0.6) is 5.75 Å². The Bertz CT molecular complexity index is 890. The molecule has 0 bridgehead atoms. The maximum Gasteiger partial charge on any atom is 0.123 e. The van der Waals surface area contributed by atoms with Gasteiger partial charge in [-0.3, -0.25) is 4.90 Å². The summed E-state index contributed by atoms with van der Waals surface area (Å²) < 4.78 is 20.9. The number of hydrogen-bond donors (Lipinski definition) is 0. The van der Waals surface area contributed by atoms with E-state index in [-0.39, 0.29) is 5.82 Å². The number of hydrogen-bond acceptors (Lipinski definition) is 3. The van der Waals surface area contributed by atoms with E-state index in [2.05, 4.69) is 11.8 Å². The lowest BCUT2D eigenvalue weighted by Gasteiger charge is -2.19. The zero-order valence-corrected chi connectivity index (χ0v) is 15.7. The summed E-state index contributed by atoms with van der Waals surface area (Å²) in [6.45, 7) is 5.43. The van der Waals surface area contributed by atoms with Crippen LogP contribution in [0.4, 0.5) is 4.39 Å². The number of ether oxygens (including phenoxy) is 1. The molecule has 1 aromatic heterocycles. The van der Waals surface area contributed by atoms with Crippen LogP contribution in [0.15, 0.2) is 48.5 Å². The fourth-order valence-electron chi connectivity index (χ4n) is 3.21. The molecule has 0 atom stereocenters. The maximum absolute atomic E-state index is 13.6. The van der Waals surface area contributed by atoms with Gasteiger partial charge in [0.2, 0.25) is 0 Å². The van der Waals surface area contributed by atoms with Crippen molar-refractivity contribution in [3.05, 3.63) is 76.9 Å². The fourth-order valence-corrected chi connectivity index (χ4v) is 3.21. The first kappa shape index (κ1) is 18.1. The Morgan fingerprint density at radius 3 is 2.50 bits per heavy atom. The van der Waals surface area contributed by atoms with Gasteiger partial charge < -0.3 is 4.74 Å². The van der Waals surface area contributed by atoms with E-state index in [0.29, 0.717) is 12.3 Å². The molecule has 0 N–H and O–H groups in total. The molecular formula is C21H24FN3O. The first-order chi connectivity index (χ1) is 12.5. The summed E-state index contributed by atoms with van der Waals surface area (Å²) in [7, 11) is 3.62. The lowest BCUT2D eigenvalue weighted by atomic mass is 10.1. The molecule has 0 aliphatic rings. The van der Waals surface area contributed by atoms with Gasteiger partial charge in [-0.05, 0) is 51.2 Å². The molecule has 0 saturated heterocycles. The van der Waals surface area contributed by atoms with Crippen LogP contribution in [0.2, 0.25) is 0 Å². The molecule has 0 aliphatic carbocycles. The molecule has 0 aliphatic heterocycles. The zero-order valence-electron chi connectivity index (χ0n) is 15.7. The minimum atomic E-state index is -0.251. The highest BCUT2D eigenvalue weighted by Gasteiger charge is 2.15. The number of benzene rings is 2. The van der Waals surface area contributed by atoms with Crippen molar-refractivity contribution >= 4 is 0 Å². The molecule has 3 aromatic rings. The van der Waals surface area contributed by atoms with Crippen molar-refractivity contribution in [1.82, 2.24) is 14.7 Å². The van der Waals surface area contributed by atoms with Gasteiger partial charge in [0.25, 0.3) is 0 Å². The second-order valence-corrected chi connectivity index (χ2v) is 6.53. The quantitative estimate of drug-likeness (QED) is 0.663. The van der Waals surface area contributed by atoms with Gasteiger partial charge >= 0.3 is 0 Å². The smallest absolute Gasteiger partial charge is 0.123 e. The van der Waals surface area contributed by atoms with E-state index in [1.165, 1.54) is 17.7 Å². The van der Waals surface area contributed by atoms with Crippen molar-refractivity contribution in [2.75, 3.05) is 14.2 Å². The molecule has 5 heteroatoms. The molecule has 1 heterocycles. The molecule has 136 valence electrons. The third kappa shape index (κ3) is 3.78. The second kappa shape index (κ2) is 7.70. The van der Waals surface area contributed by atoms with Crippen molar-refractivity contribution in [2.45, 2.75) is 26.9 Å². The average molecular weight is 353 g/mol.